The van der Waals surface area contributed by atoms with Crippen molar-refractivity contribution in [2.45, 2.75) is 25.1 Å². The smallest absolute Gasteiger partial charge is 0.317 e. The number of halogens is 1. The average Bonchev–Trinajstić information content (AvgIpc) is 2.06. The van der Waals surface area contributed by atoms with Gasteiger partial charge in [0.05, 0.1) is 6.54 Å². The van der Waals surface area contributed by atoms with Gasteiger partial charge in [-0.1, -0.05) is 0 Å². The lowest BCUT2D eigenvalue weighted by molar-refractivity contribution is -0.138. The topological polar surface area (TPSA) is 57.6 Å². The van der Waals surface area contributed by atoms with Crippen LogP contribution in [0.3, 0.4) is 0 Å². The highest BCUT2D eigenvalue weighted by molar-refractivity contribution is 7.85. The molecule has 0 aromatic heterocycles. The van der Waals surface area contributed by atoms with E-state index in [-0.39, 0.29) is 30.2 Å². The highest BCUT2D eigenvalue weighted by Gasteiger charge is 2.30. The molecule has 84 valence electrons. The first-order valence-electron chi connectivity index (χ1n) is 4.35. The molecule has 0 amide bonds. The van der Waals surface area contributed by atoms with Gasteiger partial charge in [-0.2, -0.15) is 0 Å². The molecule has 3 atom stereocenters. The Labute approximate surface area is 92.5 Å². The van der Waals surface area contributed by atoms with Crippen molar-refractivity contribution in [3.05, 3.63) is 0 Å². The second-order valence-corrected chi connectivity index (χ2v) is 5.31. The number of carboxylic acid groups (broad SMARTS) is 1. The first-order valence-corrected chi connectivity index (χ1v) is 5.73. The molecule has 1 fully saturated rings. The van der Waals surface area contributed by atoms with Crippen LogP contribution in [0.25, 0.3) is 0 Å². The molecule has 0 aliphatic carbocycles. The zero-order chi connectivity index (χ0) is 10.0. The molecule has 1 rings (SSSR count). The molecule has 14 heavy (non-hydrogen) atoms. The fourth-order valence-corrected chi connectivity index (χ4v) is 2.91. The van der Waals surface area contributed by atoms with E-state index in [0.29, 0.717) is 12.3 Å². The molecule has 3 unspecified atom stereocenters. The van der Waals surface area contributed by atoms with Crippen LogP contribution in [0.1, 0.15) is 13.8 Å². The van der Waals surface area contributed by atoms with Crippen molar-refractivity contribution >= 4 is 29.2 Å². The van der Waals surface area contributed by atoms with Crippen LogP contribution in [-0.2, 0) is 15.6 Å². The van der Waals surface area contributed by atoms with Gasteiger partial charge >= 0.3 is 5.97 Å². The second-order valence-electron chi connectivity index (χ2n) is 3.39. The molecule has 1 saturated heterocycles. The maximum Gasteiger partial charge on any atom is 0.317 e. The molecule has 6 heteroatoms. The average molecular weight is 242 g/mol. The van der Waals surface area contributed by atoms with E-state index in [4.69, 9.17) is 5.11 Å². The summed E-state index contributed by atoms with van der Waals surface area (Å²) in [6.07, 6.45) is 0. The molecule has 1 aliphatic rings. The van der Waals surface area contributed by atoms with Crippen LogP contribution in [0.15, 0.2) is 0 Å². The molecule has 0 spiro atoms. The van der Waals surface area contributed by atoms with Crippen LogP contribution in [-0.4, -0.2) is 50.3 Å². The second kappa shape index (κ2) is 5.68. The Morgan fingerprint density at radius 2 is 2.14 bits per heavy atom. The van der Waals surface area contributed by atoms with Gasteiger partial charge in [0, 0.05) is 34.4 Å². The number of hydrogen-bond acceptors (Lipinski definition) is 3. The lowest BCUT2D eigenvalue weighted by Gasteiger charge is -2.35. The highest BCUT2D eigenvalue weighted by atomic mass is 35.5. The molecule has 0 saturated carbocycles. The fraction of sp³-hybridized carbons (Fsp3) is 0.875. The minimum Gasteiger partial charge on any atom is -0.480 e. The van der Waals surface area contributed by atoms with Crippen molar-refractivity contribution in [1.82, 2.24) is 4.90 Å². The third kappa shape index (κ3) is 3.22. The summed E-state index contributed by atoms with van der Waals surface area (Å²) in [5, 5.41) is 8.70. The molecule has 0 aromatic rings. The Morgan fingerprint density at radius 1 is 1.57 bits per heavy atom. The third-order valence-electron chi connectivity index (χ3n) is 2.59. The number of carboxylic acids is 1. The zero-order valence-electron chi connectivity index (χ0n) is 8.30. The molecule has 1 N–H and O–H groups in total. The van der Waals surface area contributed by atoms with Crippen molar-refractivity contribution in [2.75, 3.05) is 18.8 Å². The molecule has 0 bridgehead atoms. The normalized spacial score (nSPS) is 33.4. The molecule has 4 nitrogen and oxygen atoms in total. The fourth-order valence-electron chi connectivity index (χ4n) is 1.51. The summed E-state index contributed by atoms with van der Waals surface area (Å²) >= 11 is 0. The van der Waals surface area contributed by atoms with E-state index in [1.54, 1.807) is 0 Å². The van der Waals surface area contributed by atoms with E-state index in [2.05, 4.69) is 0 Å². The van der Waals surface area contributed by atoms with E-state index in [1.165, 1.54) is 0 Å². The van der Waals surface area contributed by atoms with Crippen LogP contribution >= 0.6 is 12.4 Å². The quantitative estimate of drug-likeness (QED) is 0.757. The number of carbonyl (C=O) groups is 1. The molecule has 1 aliphatic heterocycles. The van der Waals surface area contributed by atoms with E-state index >= 15 is 0 Å². The number of rotatable bonds is 2. The first kappa shape index (κ1) is 13.9. The minimum atomic E-state index is -0.813. The van der Waals surface area contributed by atoms with Gasteiger partial charge < -0.3 is 5.11 Å². The third-order valence-corrected chi connectivity index (χ3v) is 4.40. The van der Waals surface area contributed by atoms with Crippen molar-refractivity contribution in [2.24, 2.45) is 0 Å². The first-order chi connectivity index (χ1) is 6.02. The predicted molar refractivity (Wildman–Crippen MR) is 58.4 cm³/mol. The monoisotopic (exact) mass is 241 g/mol. The van der Waals surface area contributed by atoms with Crippen LogP contribution in [0.2, 0.25) is 0 Å². The molecule has 0 radical (unpaired) electrons. The van der Waals surface area contributed by atoms with Gasteiger partial charge in [-0.3, -0.25) is 13.9 Å². The van der Waals surface area contributed by atoms with Crippen LogP contribution < -0.4 is 0 Å². The minimum absolute atomic E-state index is 0. The summed E-state index contributed by atoms with van der Waals surface area (Å²) in [7, 11) is -0.785. The van der Waals surface area contributed by atoms with Crippen LogP contribution in [0.5, 0.6) is 0 Å². The molecular formula is C8H16ClNO3S. The summed E-state index contributed by atoms with van der Waals surface area (Å²) in [5.41, 5.74) is 0. The van der Waals surface area contributed by atoms with Crippen molar-refractivity contribution in [3.63, 3.8) is 0 Å². The molecular weight excluding hydrogens is 226 g/mol. The summed E-state index contributed by atoms with van der Waals surface area (Å²) in [4.78, 5) is 12.4. The molecule has 0 aromatic carbocycles. The predicted octanol–water partition coefficient (Wildman–Crippen LogP) is 0.334. The maximum atomic E-state index is 11.4. The van der Waals surface area contributed by atoms with Crippen molar-refractivity contribution < 1.29 is 14.1 Å². The number of nitrogens with zero attached hydrogens (tertiary/aromatic N) is 1. The van der Waals surface area contributed by atoms with Gasteiger partial charge in [0.25, 0.3) is 0 Å². The Bertz CT molecular complexity index is 237. The summed E-state index contributed by atoms with van der Waals surface area (Å²) < 4.78 is 11.4. The lowest BCUT2D eigenvalue weighted by Crippen LogP contribution is -2.51. The largest absolute Gasteiger partial charge is 0.480 e. The van der Waals surface area contributed by atoms with Gasteiger partial charge in [-0.25, -0.2) is 0 Å². The standard InChI is InChI=1S/C8H15NO3S.ClH/c1-6-7(2)13(12)4-3-9(6)5-8(10)11;/h6-7H,3-5H2,1-2H3,(H,10,11);1H. The number of aliphatic carboxylic acids is 1. The Balaban J connectivity index is 0.00000169. The molecule has 1 heterocycles. The van der Waals surface area contributed by atoms with Crippen molar-refractivity contribution in [1.29, 1.82) is 0 Å². The zero-order valence-corrected chi connectivity index (χ0v) is 9.94. The van der Waals surface area contributed by atoms with Gasteiger partial charge in [0.2, 0.25) is 0 Å². The van der Waals surface area contributed by atoms with E-state index in [1.807, 2.05) is 18.7 Å². The van der Waals surface area contributed by atoms with Gasteiger partial charge in [0.15, 0.2) is 0 Å². The van der Waals surface area contributed by atoms with Gasteiger partial charge in [0.1, 0.15) is 0 Å². The SMILES string of the molecule is CC1C(C)S(=O)CCN1CC(=O)O.Cl. The van der Waals surface area contributed by atoms with E-state index < -0.39 is 16.8 Å². The Morgan fingerprint density at radius 3 is 2.64 bits per heavy atom. The summed E-state index contributed by atoms with van der Waals surface area (Å²) in [5.74, 6) is -0.217. The number of hydrogen-bond donors (Lipinski definition) is 1. The maximum absolute atomic E-state index is 11.4. The highest BCUT2D eigenvalue weighted by Crippen LogP contribution is 2.15. The van der Waals surface area contributed by atoms with Crippen molar-refractivity contribution in [3.8, 4) is 0 Å². The van der Waals surface area contributed by atoms with Crippen LogP contribution in [0.4, 0.5) is 0 Å². The van der Waals surface area contributed by atoms with Crippen LogP contribution in [0, 0.1) is 0 Å². The van der Waals surface area contributed by atoms with E-state index in [0.717, 1.165) is 0 Å². The Kier molecular flexibility index (Phi) is 5.63. The van der Waals surface area contributed by atoms with Gasteiger partial charge in [-0.05, 0) is 13.8 Å². The summed E-state index contributed by atoms with van der Waals surface area (Å²) in [6, 6.07) is 0.102. The lowest BCUT2D eigenvalue weighted by atomic mass is 10.2. The van der Waals surface area contributed by atoms with Gasteiger partial charge in [-0.15, -0.1) is 12.4 Å². The van der Waals surface area contributed by atoms with E-state index in [9.17, 15) is 9.00 Å². The Hall–Kier alpha value is -0.130. The summed E-state index contributed by atoms with van der Waals surface area (Å²) in [6.45, 7) is 4.53.